The Morgan fingerprint density at radius 2 is 1.08 bits per heavy atom. The number of hydrogen-bond acceptors (Lipinski definition) is 21. The molecule has 0 radical (unpaired) electrons. The third-order valence-corrected chi connectivity index (χ3v) is 31.4. The lowest BCUT2D eigenvalue weighted by Crippen LogP contribution is -2.67. The topological polar surface area (TPSA) is 431 Å². The molecule has 124 heavy (non-hydrogen) atoms. The molecule has 6 saturated carbocycles. The number of aryl methyl sites for hydroxylation is 1. The molecule has 3 heterocycles. The van der Waals surface area contributed by atoms with Crippen LogP contribution in [0.3, 0.4) is 0 Å². The van der Waals surface area contributed by atoms with E-state index in [1.165, 1.54) is 76.5 Å². The summed E-state index contributed by atoms with van der Waals surface area (Å²) in [4.78, 5) is 210. The van der Waals surface area contributed by atoms with E-state index in [2.05, 4.69) is 75.8 Å². The fourth-order valence-electron chi connectivity index (χ4n) is 23.9. The summed E-state index contributed by atoms with van der Waals surface area (Å²) < 4.78 is 18.3. The van der Waals surface area contributed by atoms with Gasteiger partial charge < -0.3 is 75.8 Å². The highest BCUT2D eigenvalue weighted by atomic mass is 16.6. The number of cyclic esters (lactones) is 2. The number of rotatable bonds is 9. The van der Waals surface area contributed by atoms with Crippen LogP contribution in [0.4, 0.5) is 5.69 Å². The predicted molar refractivity (Wildman–Crippen MR) is 462 cm³/mol. The zero-order chi connectivity index (χ0) is 92.1. The number of nitrogen functional groups attached to an aromatic ring is 1. The quantitative estimate of drug-likeness (QED) is 0.0429. The Morgan fingerprint density at radius 1 is 0.597 bits per heavy atom. The van der Waals surface area contributed by atoms with Crippen molar-refractivity contribution in [3.63, 3.8) is 0 Å². The lowest BCUT2D eigenvalue weighted by Gasteiger charge is -2.71. The molecule has 9 N–H and O–H groups in total. The summed E-state index contributed by atoms with van der Waals surface area (Å²) in [5, 5.41) is 43.9. The van der Waals surface area contributed by atoms with Gasteiger partial charge in [-0.05, 0) is 191 Å². The number of nitrogens with one attached hydrogen (secondary N) is 4. The van der Waals surface area contributed by atoms with Crippen molar-refractivity contribution in [3.8, 4) is 11.5 Å². The number of benzene rings is 2. The maximum Gasteiger partial charge on any atom is 0.329 e. The largest absolute Gasteiger partial charge is 0.481 e. The molecule has 682 valence electrons. The summed E-state index contributed by atoms with van der Waals surface area (Å²) in [7, 11) is 5.66. The molecule has 0 aromatic heterocycles. The summed E-state index contributed by atoms with van der Waals surface area (Å²) in [6, 6.07) is -5.71. The van der Waals surface area contributed by atoms with E-state index in [4.69, 9.17) is 24.6 Å². The minimum absolute atomic E-state index is 0.0218. The van der Waals surface area contributed by atoms with Crippen molar-refractivity contribution in [1.82, 2.24) is 45.9 Å². The van der Waals surface area contributed by atoms with E-state index in [-0.39, 0.29) is 72.8 Å². The van der Waals surface area contributed by atoms with Gasteiger partial charge in [0.25, 0.3) is 11.8 Å². The van der Waals surface area contributed by atoms with Crippen LogP contribution in [0, 0.1) is 111 Å². The predicted octanol–water partition coefficient (Wildman–Crippen LogP) is 8.92. The number of esters is 2. The van der Waals surface area contributed by atoms with Crippen LogP contribution in [0.15, 0.2) is 33.0 Å². The summed E-state index contributed by atoms with van der Waals surface area (Å²) in [5.41, 5.74) is 3.96. The van der Waals surface area contributed by atoms with Crippen LogP contribution in [0.25, 0.3) is 22.6 Å². The van der Waals surface area contributed by atoms with Crippen molar-refractivity contribution in [1.29, 1.82) is 0 Å². The van der Waals surface area contributed by atoms with Crippen LogP contribution in [0.5, 0.6) is 0 Å². The SMILES string of the molecule is CC1(C)CCC2(C(=O)O)C(O)CC3(C)C(=CCC4C5(C)CCC(O)C(C)(C)C5CCC43C)C2C1.Cc1c2oc3c(C)ccc(C(=O)NC4C(=O)NC(C(C)C)C(=O)C5CCCC5C(=O)N(C)CC(=O)N(C)C(C(C)C)C(=O)OC4C)c3nc-2c(C(=O)NC2C(=O)NC(C(C)C)C(=O)C3CCCC3C(=O)N(C)CC(=O)N(C)C(C(C)C)C(=O)OC2C)c(N)c1=O. The minimum Gasteiger partial charge on any atom is -0.481 e. The zero-order valence-electron chi connectivity index (χ0n) is 77.0. The van der Waals surface area contributed by atoms with Gasteiger partial charge in [0.1, 0.15) is 53.0 Å². The van der Waals surface area contributed by atoms with Gasteiger partial charge in [-0.1, -0.05) is 134 Å². The number of hydrogen-bond donors (Lipinski definition) is 8. The first-order valence-corrected chi connectivity index (χ1v) is 44.9. The minimum atomic E-state index is -1.86. The van der Waals surface area contributed by atoms with E-state index in [1.54, 1.807) is 62.3 Å². The molecule has 8 amide bonds. The monoisotopic (exact) mass is 1720 g/mol. The zero-order valence-corrected chi connectivity index (χ0v) is 77.0. The van der Waals surface area contributed by atoms with Gasteiger partial charge >= 0.3 is 17.9 Å². The number of fused-ring (bicyclic) bond motifs is 11. The molecular formula is C94H136N10O20. The van der Waals surface area contributed by atoms with Crippen LogP contribution < -0.4 is 32.4 Å². The number of anilines is 1. The van der Waals surface area contributed by atoms with E-state index >= 15 is 9.59 Å². The highest BCUT2D eigenvalue weighted by Crippen LogP contribution is 2.76. The van der Waals surface area contributed by atoms with Crippen LogP contribution in [-0.4, -0.2) is 219 Å². The lowest BCUT2D eigenvalue weighted by molar-refractivity contribution is -0.218. The molecule has 1 aromatic rings. The molecule has 21 atom stereocenters. The molecule has 11 aliphatic rings. The van der Waals surface area contributed by atoms with E-state index in [9.17, 15) is 72.9 Å². The van der Waals surface area contributed by atoms with Gasteiger partial charge in [0.15, 0.2) is 22.9 Å². The number of aliphatic hydroxyl groups excluding tert-OH is 2. The van der Waals surface area contributed by atoms with Crippen LogP contribution >= 0.6 is 0 Å². The molecule has 2 saturated heterocycles. The first-order chi connectivity index (χ1) is 57.7. The number of aliphatic hydroxyl groups is 2. The molecule has 30 nitrogen and oxygen atoms in total. The Hall–Kier alpha value is -9.19. The third kappa shape index (κ3) is 16.9. The maximum absolute atomic E-state index is 15.2. The van der Waals surface area contributed by atoms with Gasteiger partial charge in [-0.25, -0.2) is 14.6 Å². The number of carbonyl (C=O) groups excluding carboxylic acids is 12. The van der Waals surface area contributed by atoms with Crippen LogP contribution in [0.1, 0.15) is 246 Å². The molecule has 3 aliphatic heterocycles. The fourth-order valence-corrected chi connectivity index (χ4v) is 23.9. The van der Waals surface area contributed by atoms with E-state index in [0.29, 0.717) is 68.8 Å². The Balaban J connectivity index is 0.000000362. The number of aromatic nitrogens is 1. The molecule has 0 spiro atoms. The second kappa shape index (κ2) is 35.6. The number of Topliss-reactive ketones (excluding diaryl/α,β-unsaturated/α-hetero) is 2. The average molecular weight is 1730 g/mol. The smallest absolute Gasteiger partial charge is 0.329 e. The number of ether oxygens (including phenoxy) is 2. The standard InChI is InChI=1S/C64H88N10O16.C30H48O4/c1-27(2)44-53(78)35-19-17-21-37(35)61(84)71(13)25-40(75)73(15)50(29(5)6)63(86)88-33(11)46(59(82)67-44)69-57(80)39-24-23-31(9)55-48(39)66-49-42(43(65)52(77)32(10)56(49)90-55)58(81)70-47-34(12)89-64(87)51(30(7)8)74(16)41(76)26-72(14)62(85)38-22-18-20-36(38)54(79)45(28(3)4)68-60(47)83;1-25(2)14-15-30(24(33)34)19(16-25)18-8-9-21-27(5)12-11-22(31)26(3,4)20(27)10-13-28(21,6)29(18,7)17-23(30)32/h23-24,27-30,33-38,44-47,50-51H,17-22,25-26,65H2,1-16H3,(H,67,82)(H,68,83)(H,69,80)(H,70,81);8,19-23,31-32H,9-17H2,1-7H3,(H,33,34). The summed E-state index contributed by atoms with van der Waals surface area (Å²) in [5.74, 6) is -14.8. The van der Waals surface area contributed by atoms with Crippen LogP contribution in [0.2, 0.25) is 0 Å². The highest BCUT2D eigenvalue weighted by molar-refractivity contribution is 6.11. The second-order valence-electron chi connectivity index (χ2n) is 41.4. The molecule has 12 rings (SSSR count). The Kier molecular flexibility index (Phi) is 27.4. The molecule has 30 heteroatoms. The molecule has 21 unspecified atom stereocenters. The van der Waals surface area contributed by atoms with Crippen molar-refractivity contribution in [2.24, 2.45) is 97.6 Å². The number of ketones is 2. The van der Waals surface area contributed by atoms with Crippen molar-refractivity contribution in [2.45, 2.75) is 289 Å². The van der Waals surface area contributed by atoms with Crippen LogP contribution in [-0.2, 0) is 62.2 Å². The van der Waals surface area contributed by atoms with Crippen molar-refractivity contribution in [3.05, 3.63) is 56.3 Å². The number of nitrogens with two attached hydrogens (primary N) is 1. The Morgan fingerprint density at radius 3 is 1.56 bits per heavy atom. The number of carbonyl (C=O) groups is 13. The van der Waals surface area contributed by atoms with E-state index in [0.717, 1.165) is 54.7 Å². The van der Waals surface area contributed by atoms with Gasteiger partial charge in [0.2, 0.25) is 40.9 Å². The van der Waals surface area contributed by atoms with Gasteiger partial charge in [-0.2, -0.15) is 0 Å². The molecule has 8 fully saturated rings. The third-order valence-electron chi connectivity index (χ3n) is 31.4. The number of allylic oxidation sites excluding steroid dienone is 2. The molecule has 1 aromatic carbocycles. The fraction of sp³-hybridized carbons (Fsp3) is 0.713. The van der Waals surface area contributed by atoms with Gasteiger partial charge in [-0.3, -0.25) is 57.5 Å². The molecule has 0 bridgehead atoms. The van der Waals surface area contributed by atoms with E-state index in [1.807, 2.05) is 0 Å². The number of carboxylic acid groups (broad SMARTS) is 1. The first-order valence-electron chi connectivity index (χ1n) is 44.9. The number of amides is 8. The van der Waals surface area contributed by atoms with Crippen molar-refractivity contribution < 1.29 is 91.5 Å². The second-order valence-corrected chi connectivity index (χ2v) is 41.4. The maximum atomic E-state index is 15.2. The first kappa shape index (κ1) is 95.5. The normalized spacial score (nSPS) is 34.8. The summed E-state index contributed by atoms with van der Waals surface area (Å²) in [6.07, 6.45) is 8.69. The lowest BCUT2D eigenvalue weighted by atomic mass is 9.33. The number of carboxylic acids is 1. The van der Waals surface area contributed by atoms with Gasteiger partial charge in [-0.15, -0.1) is 0 Å². The number of nitrogens with zero attached hydrogens (tertiary/aromatic N) is 5. The van der Waals surface area contributed by atoms with Crippen molar-refractivity contribution in [2.75, 3.05) is 47.0 Å². The number of aliphatic carboxylic acids is 1. The van der Waals surface area contributed by atoms with E-state index < -0.39 is 214 Å². The van der Waals surface area contributed by atoms with Gasteiger partial charge in [0, 0.05) is 57.4 Å². The molecular weight excluding hydrogens is 1590 g/mol. The highest BCUT2D eigenvalue weighted by Gasteiger charge is 2.71. The Bertz CT molecular complexity index is 4820. The van der Waals surface area contributed by atoms with Crippen molar-refractivity contribution >= 4 is 93.5 Å². The van der Waals surface area contributed by atoms with Gasteiger partial charge in [0.05, 0.1) is 54.2 Å². The summed E-state index contributed by atoms with van der Waals surface area (Å²) >= 11 is 0. The Labute approximate surface area is 728 Å². The number of likely N-dealkylation sites (N-methyl/N-ethyl adjacent to an activating group) is 4. The average Bonchev–Trinajstić information content (AvgIpc) is 1.27. The molecule has 8 aliphatic carbocycles. The summed E-state index contributed by atoms with van der Waals surface area (Å²) in [6.45, 7) is 34.7.